The number of fused-ring (bicyclic) bond motifs is 7. The normalized spacial score (nSPS) is 37.9. The third kappa shape index (κ3) is 5.52. The summed E-state index contributed by atoms with van der Waals surface area (Å²) in [4.78, 5) is 27.0. The van der Waals surface area contributed by atoms with Crippen LogP contribution in [0.2, 0.25) is 0 Å². The molecule has 48 heavy (non-hydrogen) atoms. The average Bonchev–Trinajstić information content (AvgIpc) is 3.52. The zero-order chi connectivity index (χ0) is 34.8. The largest absolute Gasteiger partial charge is 0.453 e. The number of nitrogens with one attached hydrogen (secondary N) is 1. The highest BCUT2D eigenvalue weighted by molar-refractivity contribution is 6.04. The molecule has 1 saturated heterocycles. The van der Waals surface area contributed by atoms with E-state index in [0.717, 1.165) is 12.0 Å². The smallest absolute Gasteiger partial charge is 0.220 e. The number of carbonyl (C=O) groups is 2. The van der Waals surface area contributed by atoms with Gasteiger partial charge < -0.3 is 40.0 Å². The predicted molar refractivity (Wildman–Crippen MR) is 178 cm³/mol. The maximum absolute atomic E-state index is 13.6. The molecular formula is C38H53NO9. The van der Waals surface area contributed by atoms with Gasteiger partial charge in [0.25, 0.3) is 0 Å². The second-order valence-corrected chi connectivity index (χ2v) is 16.1. The van der Waals surface area contributed by atoms with Crippen molar-refractivity contribution >= 4 is 11.6 Å². The van der Waals surface area contributed by atoms with Crippen molar-refractivity contribution in [1.29, 1.82) is 0 Å². The number of allylic oxidation sites excluding steroid dienone is 3. The van der Waals surface area contributed by atoms with Crippen LogP contribution in [0.5, 0.6) is 5.75 Å². The van der Waals surface area contributed by atoms with Crippen molar-refractivity contribution in [2.24, 2.45) is 28.6 Å². The number of ketones is 2. The van der Waals surface area contributed by atoms with E-state index >= 15 is 0 Å². The summed E-state index contributed by atoms with van der Waals surface area (Å²) in [5.74, 6) is -0.353. The number of aliphatic hydroxyl groups excluding tert-OH is 4. The van der Waals surface area contributed by atoms with E-state index < -0.39 is 47.6 Å². The number of hydrogen-bond donors (Lipinski definition) is 5. The molecule has 0 radical (unpaired) electrons. The van der Waals surface area contributed by atoms with E-state index in [1.54, 1.807) is 18.2 Å². The third-order valence-corrected chi connectivity index (χ3v) is 12.2. The Kier molecular flexibility index (Phi) is 9.37. The zero-order valence-electron chi connectivity index (χ0n) is 29.1. The Balaban J connectivity index is 1.30. The molecule has 10 nitrogen and oxygen atoms in total. The number of benzene rings is 1. The van der Waals surface area contributed by atoms with E-state index in [1.165, 1.54) is 6.08 Å². The Bertz CT molecular complexity index is 1500. The van der Waals surface area contributed by atoms with E-state index in [4.69, 9.17) is 14.2 Å². The summed E-state index contributed by atoms with van der Waals surface area (Å²) in [6, 6.07) is 5.14. The molecule has 0 bridgehead atoms. The van der Waals surface area contributed by atoms with Crippen LogP contribution in [0.4, 0.5) is 0 Å². The van der Waals surface area contributed by atoms with E-state index in [1.807, 2.05) is 40.7 Å². The number of Topliss-reactive ketones (excluding diaryl/α,β-unsaturated/α-hetero) is 1. The van der Waals surface area contributed by atoms with Gasteiger partial charge in [-0.15, -0.1) is 0 Å². The Labute approximate surface area is 283 Å². The fourth-order valence-corrected chi connectivity index (χ4v) is 9.99. The molecule has 0 spiro atoms. The summed E-state index contributed by atoms with van der Waals surface area (Å²) in [6.45, 7) is 11.5. The zero-order valence-corrected chi connectivity index (χ0v) is 29.1. The van der Waals surface area contributed by atoms with Gasteiger partial charge in [-0.3, -0.25) is 9.59 Å². The first-order valence-electron chi connectivity index (χ1n) is 17.6. The first kappa shape index (κ1) is 35.4. The third-order valence-electron chi connectivity index (χ3n) is 12.2. The number of carbonyl (C=O) groups excluding carboxylic acids is 2. The van der Waals surface area contributed by atoms with Crippen molar-refractivity contribution in [3.05, 3.63) is 52.8 Å². The summed E-state index contributed by atoms with van der Waals surface area (Å²) in [5, 5.41) is 46.5. The van der Waals surface area contributed by atoms with Gasteiger partial charge in [-0.25, -0.2) is 0 Å². The lowest BCUT2D eigenvalue weighted by atomic mass is 9.46. The first-order valence-corrected chi connectivity index (χ1v) is 17.6. The molecule has 1 aromatic carbocycles. The van der Waals surface area contributed by atoms with Crippen molar-refractivity contribution < 1.29 is 44.2 Å². The molecule has 1 heterocycles. The lowest BCUT2D eigenvalue weighted by Crippen LogP contribution is -2.63. The quantitative estimate of drug-likeness (QED) is 0.247. The van der Waals surface area contributed by atoms with E-state index in [9.17, 15) is 30.0 Å². The van der Waals surface area contributed by atoms with E-state index in [0.29, 0.717) is 55.5 Å². The van der Waals surface area contributed by atoms with Gasteiger partial charge in [0.15, 0.2) is 23.4 Å². The minimum Gasteiger partial charge on any atom is -0.453 e. The second kappa shape index (κ2) is 12.7. The molecule has 0 amide bonds. The van der Waals surface area contributed by atoms with Gasteiger partial charge in [-0.1, -0.05) is 39.3 Å². The van der Waals surface area contributed by atoms with Crippen LogP contribution < -0.4 is 10.1 Å². The van der Waals surface area contributed by atoms with Gasteiger partial charge in [-0.2, -0.15) is 0 Å². The van der Waals surface area contributed by atoms with Crippen LogP contribution in [0.15, 0.2) is 41.7 Å². The van der Waals surface area contributed by atoms with Crippen LogP contribution in [-0.4, -0.2) is 74.8 Å². The maximum Gasteiger partial charge on any atom is 0.220 e. The minimum absolute atomic E-state index is 0.00418. The molecule has 1 aliphatic heterocycles. The van der Waals surface area contributed by atoms with Crippen LogP contribution in [-0.2, 0) is 25.7 Å². The number of β-amino-alcohol motifs (C(OH)–C–C–N with tert-alkyl or cyclic N) is 1. The van der Waals surface area contributed by atoms with E-state index in [-0.39, 0.29) is 47.2 Å². The number of rotatable bonds is 10. The van der Waals surface area contributed by atoms with Crippen molar-refractivity contribution in [2.45, 2.75) is 122 Å². The number of aliphatic hydroxyl groups is 4. The van der Waals surface area contributed by atoms with Crippen LogP contribution >= 0.6 is 0 Å². The highest BCUT2D eigenvalue weighted by Crippen LogP contribution is 2.70. The molecule has 3 saturated carbocycles. The molecule has 2 unspecified atom stereocenters. The van der Waals surface area contributed by atoms with Crippen LogP contribution in [0.3, 0.4) is 0 Å². The number of ether oxygens (including phenoxy) is 3. The molecular weight excluding hydrogens is 614 g/mol. The molecule has 10 atom stereocenters. The molecule has 0 aromatic heterocycles. The van der Waals surface area contributed by atoms with Crippen molar-refractivity contribution in [3.63, 3.8) is 0 Å². The van der Waals surface area contributed by atoms with Gasteiger partial charge >= 0.3 is 0 Å². The Hall–Kier alpha value is -2.44. The Morgan fingerprint density at radius 1 is 1.21 bits per heavy atom. The standard InChI is InChI=1S/C38H53NO9/c1-7-8-32-47-31-16-25-23-10-11-24-34(46-29-12-9-21(15-22(29)19-40)28(44)18-39-35(2,3)4)26(42)13-14-36(24,5)33(23)27(43)17-37(25,6)38(31,48-32)30(45)20-41/h9,12-15,23,25,27-28,31-33,39-41,43-44H,7-8,10-11,16-20H2,1-6H3/t23-,25-,27-,28?,31+,32?,33+,36-,37-,38-/m0/s1. The summed E-state index contributed by atoms with van der Waals surface area (Å²) in [6.07, 6.45) is 4.41. The molecule has 10 heteroatoms. The molecule has 6 rings (SSSR count). The summed E-state index contributed by atoms with van der Waals surface area (Å²) >= 11 is 0. The van der Waals surface area contributed by atoms with Crippen LogP contribution in [0.25, 0.3) is 0 Å². The second-order valence-electron chi connectivity index (χ2n) is 16.1. The Morgan fingerprint density at radius 3 is 2.62 bits per heavy atom. The summed E-state index contributed by atoms with van der Waals surface area (Å²) in [7, 11) is 0. The number of hydrogen-bond acceptors (Lipinski definition) is 10. The Morgan fingerprint density at radius 2 is 1.96 bits per heavy atom. The SMILES string of the molecule is CCCC1O[C@@H]2C[C@H]3[C@@H]4CCC5=C(Oc6ccc(C(O)CNC(C)(C)C)cc6CO)C(=O)C=C[C@]5(C)[C@H]4[C@@H](O)C[C@]3(C)[C@@]2(C(=O)CO)O1. The maximum atomic E-state index is 13.6. The molecule has 4 aliphatic carbocycles. The summed E-state index contributed by atoms with van der Waals surface area (Å²) in [5.41, 5.74) is -1.02. The topological polar surface area (TPSA) is 155 Å². The van der Waals surface area contributed by atoms with Crippen LogP contribution in [0.1, 0.15) is 97.3 Å². The molecule has 264 valence electrons. The van der Waals surface area contributed by atoms with Gasteiger partial charge in [0, 0.05) is 34.4 Å². The lowest BCUT2D eigenvalue weighted by Gasteiger charge is -2.59. The molecule has 5 N–H and O–H groups in total. The molecule has 5 aliphatic rings. The fourth-order valence-electron chi connectivity index (χ4n) is 9.99. The molecule has 4 fully saturated rings. The van der Waals surface area contributed by atoms with Gasteiger partial charge in [0.2, 0.25) is 5.78 Å². The fraction of sp³-hybridized carbons (Fsp3) is 0.684. The van der Waals surface area contributed by atoms with Gasteiger partial charge in [-0.05, 0) is 94.1 Å². The highest BCUT2D eigenvalue weighted by Gasteiger charge is 2.75. The minimum atomic E-state index is -1.31. The van der Waals surface area contributed by atoms with Gasteiger partial charge in [0.1, 0.15) is 12.4 Å². The van der Waals surface area contributed by atoms with Crippen molar-refractivity contribution in [2.75, 3.05) is 13.2 Å². The first-order chi connectivity index (χ1) is 22.6. The average molecular weight is 668 g/mol. The monoisotopic (exact) mass is 667 g/mol. The lowest BCUT2D eigenvalue weighted by molar-refractivity contribution is -0.200. The van der Waals surface area contributed by atoms with Crippen LogP contribution in [0, 0.1) is 28.6 Å². The van der Waals surface area contributed by atoms with Crippen molar-refractivity contribution in [3.8, 4) is 5.75 Å². The summed E-state index contributed by atoms with van der Waals surface area (Å²) < 4.78 is 19.2. The van der Waals surface area contributed by atoms with E-state index in [2.05, 4.69) is 12.2 Å². The van der Waals surface area contributed by atoms with Gasteiger partial charge in [0.05, 0.1) is 24.9 Å². The van der Waals surface area contributed by atoms with Crippen molar-refractivity contribution in [1.82, 2.24) is 5.32 Å². The highest BCUT2D eigenvalue weighted by atomic mass is 16.7. The molecule has 1 aromatic rings. The predicted octanol–water partition coefficient (Wildman–Crippen LogP) is 4.04.